The fraction of sp³-hybridized carbons (Fsp3) is 0.600. The van der Waals surface area contributed by atoms with E-state index in [0.29, 0.717) is 0 Å². The molecule has 1 heterocycles. The van der Waals surface area contributed by atoms with E-state index in [0.717, 1.165) is 30.8 Å². The van der Waals surface area contributed by atoms with Crippen LogP contribution in [0.1, 0.15) is 46.1 Å². The Labute approximate surface area is 115 Å². The highest BCUT2D eigenvalue weighted by Gasteiger charge is 2.17. The minimum atomic E-state index is -0.802. The van der Waals surface area contributed by atoms with Crippen molar-refractivity contribution in [3.05, 3.63) is 29.8 Å². The molecular weight excluding hydrogens is 242 g/mol. The number of anilines is 1. The zero-order valence-electron chi connectivity index (χ0n) is 12.4. The van der Waals surface area contributed by atoms with E-state index in [9.17, 15) is 4.21 Å². The van der Waals surface area contributed by atoms with Crippen LogP contribution >= 0.6 is 0 Å². The van der Waals surface area contributed by atoms with Gasteiger partial charge in [-0.2, -0.15) is 0 Å². The Morgan fingerprint density at radius 3 is 2.06 bits per heavy atom. The van der Waals surface area contributed by atoms with Crippen molar-refractivity contribution < 1.29 is 4.21 Å². The lowest BCUT2D eigenvalue weighted by Gasteiger charge is -2.27. The SMILES string of the molecule is CC.CC.Cc1ccc(N2CCCCS2=O)cc1. The molecule has 2 rings (SSSR count). The van der Waals surface area contributed by atoms with Crippen molar-refractivity contribution in [1.82, 2.24) is 0 Å². The normalized spacial score (nSPS) is 18.1. The fourth-order valence-corrected chi connectivity index (χ4v) is 3.01. The zero-order valence-corrected chi connectivity index (χ0v) is 13.2. The predicted molar refractivity (Wildman–Crippen MR) is 83.5 cm³/mol. The summed E-state index contributed by atoms with van der Waals surface area (Å²) in [5.74, 6) is 0.813. The minimum absolute atomic E-state index is 0.802. The first-order chi connectivity index (χ1) is 8.77. The molecule has 1 aromatic carbocycles. The fourth-order valence-electron chi connectivity index (χ4n) is 1.65. The molecule has 1 unspecified atom stereocenters. The molecule has 1 saturated heterocycles. The van der Waals surface area contributed by atoms with Gasteiger partial charge in [0.05, 0.1) is 0 Å². The Kier molecular flexibility index (Phi) is 9.66. The van der Waals surface area contributed by atoms with Crippen molar-refractivity contribution >= 4 is 16.7 Å². The highest BCUT2D eigenvalue weighted by molar-refractivity contribution is 7.86. The number of nitrogens with zero attached hydrogens (tertiary/aromatic N) is 1. The third-order valence-electron chi connectivity index (χ3n) is 2.50. The van der Waals surface area contributed by atoms with E-state index in [1.165, 1.54) is 5.56 Å². The van der Waals surface area contributed by atoms with E-state index in [4.69, 9.17) is 0 Å². The maximum Gasteiger partial charge on any atom is 0.119 e. The van der Waals surface area contributed by atoms with Gasteiger partial charge < -0.3 is 0 Å². The molecule has 18 heavy (non-hydrogen) atoms. The van der Waals surface area contributed by atoms with Crippen LogP contribution in [0.3, 0.4) is 0 Å². The van der Waals surface area contributed by atoms with Crippen molar-refractivity contribution in [3.8, 4) is 0 Å². The average molecular weight is 269 g/mol. The summed E-state index contributed by atoms with van der Waals surface area (Å²) in [6, 6.07) is 8.25. The van der Waals surface area contributed by atoms with Gasteiger partial charge in [0.15, 0.2) is 0 Å². The first kappa shape index (κ1) is 17.2. The van der Waals surface area contributed by atoms with Crippen LogP contribution in [0.25, 0.3) is 0 Å². The third-order valence-corrected chi connectivity index (χ3v) is 4.02. The molecule has 0 aromatic heterocycles. The molecule has 0 N–H and O–H groups in total. The van der Waals surface area contributed by atoms with Crippen molar-refractivity contribution in [1.29, 1.82) is 0 Å². The van der Waals surface area contributed by atoms with Crippen LogP contribution in [-0.2, 0) is 11.0 Å². The number of aryl methyl sites for hydroxylation is 1. The molecule has 0 aliphatic carbocycles. The Hall–Kier alpha value is -0.830. The second kappa shape index (κ2) is 10.1. The lowest BCUT2D eigenvalue weighted by molar-refractivity contribution is 0.660. The lowest BCUT2D eigenvalue weighted by atomic mass is 10.2. The van der Waals surface area contributed by atoms with Gasteiger partial charge in [0, 0.05) is 18.0 Å². The van der Waals surface area contributed by atoms with Gasteiger partial charge >= 0.3 is 0 Å². The summed E-state index contributed by atoms with van der Waals surface area (Å²) in [6.07, 6.45) is 2.24. The van der Waals surface area contributed by atoms with E-state index >= 15 is 0 Å². The first-order valence-corrected chi connectivity index (χ1v) is 8.27. The van der Waals surface area contributed by atoms with Gasteiger partial charge in [0.2, 0.25) is 0 Å². The average Bonchev–Trinajstić information content (AvgIpc) is 2.45. The van der Waals surface area contributed by atoms with Gasteiger partial charge in [0.25, 0.3) is 0 Å². The Bertz CT molecular complexity index is 335. The predicted octanol–water partition coefficient (Wildman–Crippen LogP) is 4.31. The molecule has 1 atom stereocenters. The van der Waals surface area contributed by atoms with Gasteiger partial charge in [-0.15, -0.1) is 0 Å². The quantitative estimate of drug-likeness (QED) is 0.744. The number of benzene rings is 1. The van der Waals surface area contributed by atoms with Crippen LogP contribution in [0.2, 0.25) is 0 Å². The van der Waals surface area contributed by atoms with Crippen LogP contribution in [0.15, 0.2) is 24.3 Å². The van der Waals surface area contributed by atoms with E-state index in [-0.39, 0.29) is 0 Å². The van der Waals surface area contributed by atoms with E-state index in [1.54, 1.807) is 0 Å². The van der Waals surface area contributed by atoms with Crippen LogP contribution in [0, 0.1) is 6.92 Å². The molecule has 0 saturated carbocycles. The van der Waals surface area contributed by atoms with Gasteiger partial charge in [-0.05, 0) is 31.9 Å². The number of hydrogen-bond acceptors (Lipinski definition) is 1. The van der Waals surface area contributed by atoms with E-state index in [2.05, 4.69) is 31.2 Å². The molecular formula is C15H27NOS. The second-order valence-corrected chi connectivity index (χ2v) is 5.16. The van der Waals surface area contributed by atoms with Crippen LogP contribution in [-0.4, -0.2) is 16.5 Å². The van der Waals surface area contributed by atoms with E-state index in [1.807, 2.05) is 32.0 Å². The summed E-state index contributed by atoms with van der Waals surface area (Å²) in [4.78, 5) is 0. The van der Waals surface area contributed by atoms with E-state index < -0.39 is 11.0 Å². The van der Waals surface area contributed by atoms with Crippen LogP contribution < -0.4 is 4.31 Å². The molecule has 0 bridgehead atoms. The number of rotatable bonds is 1. The van der Waals surface area contributed by atoms with Crippen molar-refractivity contribution in [2.75, 3.05) is 16.6 Å². The lowest BCUT2D eigenvalue weighted by Crippen LogP contribution is -2.32. The molecule has 2 nitrogen and oxygen atoms in total. The summed E-state index contributed by atoms with van der Waals surface area (Å²) < 4.78 is 13.7. The van der Waals surface area contributed by atoms with Crippen LogP contribution in [0.5, 0.6) is 0 Å². The van der Waals surface area contributed by atoms with Gasteiger partial charge in [-0.3, -0.25) is 4.31 Å². The van der Waals surface area contributed by atoms with Gasteiger partial charge in [0.1, 0.15) is 11.0 Å². The van der Waals surface area contributed by atoms with Crippen LogP contribution in [0.4, 0.5) is 5.69 Å². The van der Waals surface area contributed by atoms with Crippen molar-refractivity contribution in [3.63, 3.8) is 0 Å². The molecule has 1 aliphatic rings. The highest BCUT2D eigenvalue weighted by atomic mass is 32.2. The molecule has 0 amide bonds. The topological polar surface area (TPSA) is 20.3 Å². The molecule has 104 valence electrons. The maximum atomic E-state index is 11.7. The molecule has 1 fully saturated rings. The zero-order chi connectivity index (χ0) is 14.0. The van der Waals surface area contributed by atoms with Crippen molar-refractivity contribution in [2.45, 2.75) is 47.5 Å². The smallest absolute Gasteiger partial charge is 0.119 e. The highest BCUT2D eigenvalue weighted by Crippen LogP contribution is 2.21. The molecule has 1 aliphatic heterocycles. The molecule has 1 aromatic rings. The third kappa shape index (κ3) is 5.21. The van der Waals surface area contributed by atoms with Gasteiger partial charge in [-0.1, -0.05) is 45.4 Å². The largest absolute Gasteiger partial charge is 0.292 e. The van der Waals surface area contributed by atoms with Crippen molar-refractivity contribution in [2.24, 2.45) is 0 Å². The monoisotopic (exact) mass is 269 g/mol. The summed E-state index contributed by atoms with van der Waals surface area (Å²) in [6.45, 7) is 11.0. The maximum absolute atomic E-state index is 11.7. The second-order valence-electron chi connectivity index (χ2n) is 3.67. The molecule has 3 heteroatoms. The Balaban J connectivity index is 0.000000659. The number of hydrogen-bond donors (Lipinski definition) is 0. The molecule has 0 spiro atoms. The summed E-state index contributed by atoms with van der Waals surface area (Å²) in [7, 11) is -0.802. The Morgan fingerprint density at radius 1 is 1.00 bits per heavy atom. The first-order valence-electron chi connectivity index (χ1n) is 7.00. The van der Waals surface area contributed by atoms with Gasteiger partial charge in [-0.25, -0.2) is 4.21 Å². The summed E-state index contributed by atoms with van der Waals surface area (Å²) in [5.41, 5.74) is 2.34. The Morgan fingerprint density at radius 2 is 1.56 bits per heavy atom. The molecule has 0 radical (unpaired) electrons. The standard InChI is InChI=1S/C11H15NOS.2C2H6/c1-10-4-6-11(7-5-10)12-8-2-3-9-14(12)13;2*1-2/h4-7H,2-3,8-9H2,1H3;2*1-2H3. The summed E-state index contributed by atoms with van der Waals surface area (Å²) in [5, 5.41) is 0. The minimum Gasteiger partial charge on any atom is -0.292 e. The summed E-state index contributed by atoms with van der Waals surface area (Å²) >= 11 is 0.